The van der Waals surface area contributed by atoms with Gasteiger partial charge in [-0.2, -0.15) is 0 Å². The molecule has 1 atom stereocenters. The molecule has 90 valence electrons. The van der Waals surface area contributed by atoms with E-state index in [4.69, 9.17) is 4.74 Å². The Kier molecular flexibility index (Phi) is 3.99. The maximum absolute atomic E-state index is 5.48. The fourth-order valence-electron chi connectivity index (χ4n) is 2.25. The minimum absolute atomic E-state index is 0.787. The first kappa shape index (κ1) is 11.6. The molecule has 1 aromatic heterocycles. The van der Waals surface area contributed by atoms with Crippen molar-refractivity contribution in [2.75, 3.05) is 13.2 Å². The van der Waals surface area contributed by atoms with Gasteiger partial charge in [0.25, 0.3) is 0 Å². The minimum Gasteiger partial charge on any atom is -0.381 e. The molecule has 1 heterocycles. The van der Waals surface area contributed by atoms with Gasteiger partial charge in [0.15, 0.2) is 0 Å². The van der Waals surface area contributed by atoms with Gasteiger partial charge in [-0.15, -0.1) is 0 Å². The number of nitrogens with zero attached hydrogens (tertiary/aromatic N) is 1. The topological polar surface area (TPSA) is 37.9 Å². The van der Waals surface area contributed by atoms with Crippen LogP contribution >= 0.6 is 0 Å². The van der Waals surface area contributed by atoms with Gasteiger partial charge in [0.2, 0.25) is 0 Å². The number of rotatable bonds is 5. The summed E-state index contributed by atoms with van der Waals surface area (Å²) in [6, 6.07) is 0. The van der Waals surface area contributed by atoms with Crippen LogP contribution < -0.4 is 0 Å². The monoisotopic (exact) mass is 222 g/mol. The number of aromatic amines is 1. The van der Waals surface area contributed by atoms with Crippen molar-refractivity contribution in [3.8, 4) is 0 Å². The Labute approximate surface area is 97.6 Å². The van der Waals surface area contributed by atoms with Gasteiger partial charge in [-0.3, -0.25) is 0 Å². The van der Waals surface area contributed by atoms with Gasteiger partial charge in [-0.25, -0.2) is 4.98 Å². The summed E-state index contributed by atoms with van der Waals surface area (Å²) in [6.45, 7) is 6.09. The molecule has 1 aromatic rings. The molecule has 0 saturated heterocycles. The highest BCUT2D eigenvalue weighted by molar-refractivity contribution is 5.18. The van der Waals surface area contributed by atoms with Crippen molar-refractivity contribution in [2.24, 2.45) is 5.92 Å². The molecular formula is C13H22N2O. The largest absolute Gasteiger partial charge is 0.381 e. The lowest BCUT2D eigenvalue weighted by Gasteiger charge is -2.15. The molecule has 1 aliphatic carbocycles. The number of H-pyrrole nitrogens is 1. The number of fused-ring (bicyclic) bond motifs is 1. The van der Waals surface area contributed by atoms with Crippen LogP contribution in [0.5, 0.6) is 0 Å². The molecule has 0 saturated carbocycles. The van der Waals surface area contributed by atoms with E-state index in [9.17, 15) is 0 Å². The van der Waals surface area contributed by atoms with Crippen LogP contribution in [0.1, 0.15) is 43.9 Å². The molecule has 1 aliphatic rings. The summed E-state index contributed by atoms with van der Waals surface area (Å²) in [6.07, 6.45) is 5.60. The van der Waals surface area contributed by atoms with Crippen molar-refractivity contribution in [2.45, 2.75) is 46.0 Å². The minimum atomic E-state index is 0.787. The van der Waals surface area contributed by atoms with Crippen molar-refractivity contribution in [3.63, 3.8) is 0 Å². The molecule has 0 aliphatic heterocycles. The highest BCUT2D eigenvalue weighted by Gasteiger charge is 2.18. The van der Waals surface area contributed by atoms with E-state index >= 15 is 0 Å². The Bertz CT molecular complexity index is 333. The smallest absolute Gasteiger partial charge is 0.108 e. The molecule has 0 radical (unpaired) electrons. The zero-order valence-corrected chi connectivity index (χ0v) is 10.4. The van der Waals surface area contributed by atoms with E-state index < -0.39 is 0 Å². The molecule has 0 bridgehead atoms. The molecular weight excluding hydrogens is 200 g/mol. The van der Waals surface area contributed by atoms with Crippen LogP contribution in [0.25, 0.3) is 0 Å². The van der Waals surface area contributed by atoms with Gasteiger partial charge in [-0.05, 0) is 31.6 Å². The van der Waals surface area contributed by atoms with Gasteiger partial charge in [0.05, 0.1) is 12.3 Å². The van der Waals surface area contributed by atoms with Gasteiger partial charge >= 0.3 is 0 Å². The van der Waals surface area contributed by atoms with Crippen molar-refractivity contribution >= 4 is 0 Å². The summed E-state index contributed by atoms with van der Waals surface area (Å²) in [5.74, 6) is 1.91. The maximum Gasteiger partial charge on any atom is 0.108 e. The second-order valence-electron chi connectivity index (χ2n) is 4.82. The summed E-state index contributed by atoms with van der Waals surface area (Å²) < 4.78 is 5.48. The molecule has 2 rings (SSSR count). The van der Waals surface area contributed by atoms with Gasteiger partial charge in [0, 0.05) is 18.7 Å². The van der Waals surface area contributed by atoms with E-state index in [-0.39, 0.29) is 0 Å². The third-order valence-corrected chi connectivity index (χ3v) is 3.17. The first-order valence-electron chi connectivity index (χ1n) is 6.44. The lowest BCUT2D eigenvalue weighted by atomic mass is 9.92. The highest BCUT2D eigenvalue weighted by Crippen LogP contribution is 2.23. The fraction of sp³-hybridized carbons (Fsp3) is 0.769. The van der Waals surface area contributed by atoms with Crippen LogP contribution in [-0.4, -0.2) is 23.2 Å². The number of ether oxygens (including phenoxy) is 1. The fourth-order valence-corrected chi connectivity index (χ4v) is 2.25. The Hall–Kier alpha value is -0.830. The number of aromatic nitrogens is 2. The molecule has 0 aromatic carbocycles. The van der Waals surface area contributed by atoms with E-state index in [2.05, 4.69) is 23.8 Å². The van der Waals surface area contributed by atoms with Crippen LogP contribution in [0.2, 0.25) is 0 Å². The van der Waals surface area contributed by atoms with E-state index in [1.54, 1.807) is 0 Å². The number of hydrogen-bond donors (Lipinski definition) is 1. The van der Waals surface area contributed by atoms with Gasteiger partial charge in [-0.1, -0.05) is 13.8 Å². The maximum atomic E-state index is 5.48. The second-order valence-corrected chi connectivity index (χ2v) is 4.82. The van der Waals surface area contributed by atoms with Crippen LogP contribution in [0, 0.1) is 5.92 Å². The first-order valence-corrected chi connectivity index (χ1v) is 6.44. The van der Waals surface area contributed by atoms with Crippen LogP contribution in [-0.2, 0) is 24.0 Å². The Morgan fingerprint density at radius 1 is 1.44 bits per heavy atom. The van der Waals surface area contributed by atoms with Crippen LogP contribution in [0.15, 0.2) is 0 Å². The van der Waals surface area contributed by atoms with Crippen LogP contribution in [0.3, 0.4) is 0 Å². The predicted molar refractivity (Wildman–Crippen MR) is 64.6 cm³/mol. The molecule has 3 heteroatoms. The molecule has 0 amide bonds. The standard InChI is InChI=1S/C13H22N2O/c1-3-7-16-8-6-13-14-11-5-4-10(2)9-12(11)15-13/h10H,3-9H2,1-2H3,(H,14,15). The summed E-state index contributed by atoms with van der Waals surface area (Å²) >= 11 is 0. The average Bonchev–Trinajstić information content (AvgIpc) is 2.66. The average molecular weight is 222 g/mol. The number of imidazole rings is 1. The molecule has 0 spiro atoms. The van der Waals surface area contributed by atoms with Crippen molar-refractivity contribution in [1.82, 2.24) is 9.97 Å². The third kappa shape index (κ3) is 2.85. The molecule has 1 unspecified atom stereocenters. The van der Waals surface area contributed by atoms with E-state index in [0.29, 0.717) is 0 Å². The Morgan fingerprint density at radius 3 is 3.12 bits per heavy atom. The van der Waals surface area contributed by atoms with Gasteiger partial charge in [0.1, 0.15) is 5.82 Å². The summed E-state index contributed by atoms with van der Waals surface area (Å²) in [7, 11) is 0. The molecule has 1 N–H and O–H groups in total. The predicted octanol–water partition coefficient (Wildman–Crippen LogP) is 2.50. The first-order chi connectivity index (χ1) is 7.79. The number of hydrogen-bond acceptors (Lipinski definition) is 2. The Morgan fingerprint density at radius 2 is 2.31 bits per heavy atom. The summed E-state index contributed by atoms with van der Waals surface area (Å²) in [5.41, 5.74) is 2.66. The summed E-state index contributed by atoms with van der Waals surface area (Å²) in [4.78, 5) is 8.10. The number of nitrogens with one attached hydrogen (secondary N) is 1. The van der Waals surface area contributed by atoms with E-state index in [0.717, 1.165) is 50.6 Å². The lowest BCUT2D eigenvalue weighted by Crippen LogP contribution is -2.10. The van der Waals surface area contributed by atoms with Gasteiger partial charge < -0.3 is 9.72 Å². The van der Waals surface area contributed by atoms with Crippen molar-refractivity contribution < 1.29 is 4.74 Å². The SMILES string of the molecule is CCCOCCc1nc2c([nH]1)CC(C)CC2. The quantitative estimate of drug-likeness (QED) is 0.777. The molecule has 3 nitrogen and oxygen atoms in total. The Balaban J connectivity index is 1.87. The van der Waals surface area contributed by atoms with Crippen molar-refractivity contribution in [3.05, 3.63) is 17.2 Å². The highest BCUT2D eigenvalue weighted by atomic mass is 16.5. The zero-order valence-electron chi connectivity index (χ0n) is 10.4. The van der Waals surface area contributed by atoms with Crippen molar-refractivity contribution in [1.29, 1.82) is 0 Å². The van der Waals surface area contributed by atoms with E-state index in [1.165, 1.54) is 17.8 Å². The van der Waals surface area contributed by atoms with Crippen LogP contribution in [0.4, 0.5) is 0 Å². The third-order valence-electron chi connectivity index (χ3n) is 3.17. The van der Waals surface area contributed by atoms with E-state index in [1.807, 2.05) is 0 Å². The zero-order chi connectivity index (χ0) is 11.4. The molecule has 16 heavy (non-hydrogen) atoms. The normalized spacial score (nSPS) is 19.8. The number of aryl methyl sites for hydroxylation is 1. The lowest BCUT2D eigenvalue weighted by molar-refractivity contribution is 0.137. The second kappa shape index (κ2) is 5.48. The summed E-state index contributed by atoms with van der Waals surface area (Å²) in [5, 5.41) is 0. The molecule has 0 fully saturated rings.